The fourth-order valence-corrected chi connectivity index (χ4v) is 6.93. The molecule has 0 aliphatic heterocycles. The number of hydrogen-bond acceptors (Lipinski definition) is 8. The molecule has 5 aromatic rings. The van der Waals surface area contributed by atoms with Crippen molar-refractivity contribution in [2.45, 2.75) is 21.9 Å². The highest BCUT2D eigenvalue weighted by molar-refractivity contribution is 8.00. The van der Waals surface area contributed by atoms with Gasteiger partial charge in [-0.1, -0.05) is 89.3 Å². The van der Waals surface area contributed by atoms with E-state index in [9.17, 15) is 13.2 Å². The number of sulfonamides is 1. The van der Waals surface area contributed by atoms with E-state index in [-0.39, 0.29) is 4.90 Å². The third-order valence-electron chi connectivity index (χ3n) is 5.86. The van der Waals surface area contributed by atoms with Gasteiger partial charge in [-0.3, -0.25) is 14.4 Å². The molecule has 0 aliphatic carbocycles. The molecule has 0 saturated heterocycles. The van der Waals surface area contributed by atoms with Crippen molar-refractivity contribution in [3.63, 3.8) is 0 Å². The van der Waals surface area contributed by atoms with E-state index in [1.54, 1.807) is 36.4 Å². The smallest absolute Gasteiger partial charge is 0.264 e. The minimum atomic E-state index is -4.07. The van der Waals surface area contributed by atoms with Crippen LogP contribution >= 0.6 is 23.1 Å². The molecule has 0 saturated carbocycles. The van der Waals surface area contributed by atoms with Crippen LogP contribution in [-0.4, -0.2) is 31.1 Å². The third kappa shape index (κ3) is 7.51. The molecular formula is C30H26N4O4S3. The van der Waals surface area contributed by atoms with Crippen LogP contribution in [0.3, 0.4) is 0 Å². The summed E-state index contributed by atoms with van der Waals surface area (Å²) >= 11 is 2.75. The van der Waals surface area contributed by atoms with Gasteiger partial charge in [0.15, 0.2) is 4.34 Å². The SMILES string of the molecule is Cc1ccc(S(=O)(=O)N(CC(=O)Nc2nnc(SCc3ccccc3)s2)c2ccc(Oc3ccccc3)cc2)cc1. The molecule has 0 atom stereocenters. The number of nitrogens with one attached hydrogen (secondary N) is 1. The Hall–Kier alpha value is -4.19. The average Bonchev–Trinajstić information content (AvgIpc) is 3.43. The number of thioether (sulfide) groups is 1. The molecule has 1 aromatic heterocycles. The number of hydrogen-bond donors (Lipinski definition) is 1. The second-order valence-corrected chi connectivity index (χ2v) is 13.0. The average molecular weight is 603 g/mol. The Morgan fingerprint density at radius 3 is 2.17 bits per heavy atom. The van der Waals surface area contributed by atoms with Crippen LogP contribution in [0.15, 0.2) is 118 Å². The highest BCUT2D eigenvalue weighted by atomic mass is 32.2. The Morgan fingerprint density at radius 2 is 1.49 bits per heavy atom. The van der Waals surface area contributed by atoms with Crippen molar-refractivity contribution in [3.05, 3.63) is 120 Å². The first-order valence-corrected chi connectivity index (χ1v) is 15.8. The summed E-state index contributed by atoms with van der Waals surface area (Å²) in [5.74, 6) is 1.37. The summed E-state index contributed by atoms with van der Waals surface area (Å²) in [6, 6.07) is 32.3. The molecule has 208 valence electrons. The molecule has 0 spiro atoms. The number of aromatic nitrogens is 2. The summed E-state index contributed by atoms with van der Waals surface area (Å²) < 4.78 is 35.1. The maximum atomic E-state index is 13.7. The van der Waals surface area contributed by atoms with Gasteiger partial charge in [-0.25, -0.2) is 8.42 Å². The van der Waals surface area contributed by atoms with Gasteiger partial charge in [0, 0.05) is 5.75 Å². The number of benzene rings is 4. The molecule has 5 rings (SSSR count). The topological polar surface area (TPSA) is 101 Å². The van der Waals surface area contributed by atoms with Gasteiger partial charge in [-0.05, 0) is 61.0 Å². The Kier molecular flexibility index (Phi) is 8.98. The molecule has 8 nitrogen and oxygen atoms in total. The molecule has 11 heteroatoms. The largest absolute Gasteiger partial charge is 0.457 e. The van der Waals surface area contributed by atoms with Gasteiger partial charge in [0.25, 0.3) is 10.0 Å². The fourth-order valence-electron chi connectivity index (χ4n) is 3.78. The van der Waals surface area contributed by atoms with Crippen LogP contribution in [0.25, 0.3) is 0 Å². The number of anilines is 2. The summed E-state index contributed by atoms with van der Waals surface area (Å²) in [7, 11) is -4.07. The van der Waals surface area contributed by atoms with Crippen LogP contribution < -0.4 is 14.4 Å². The standard InChI is InChI=1S/C30H26N4O4S3/c1-22-12-18-27(19-13-22)41(36,37)34(24-14-16-26(17-15-24)38-25-10-6-3-7-11-25)20-28(35)31-29-32-33-30(40-29)39-21-23-8-4-2-5-9-23/h2-19H,20-21H2,1H3,(H,31,32,35). The van der Waals surface area contributed by atoms with Crippen LogP contribution in [0.5, 0.6) is 11.5 Å². The van der Waals surface area contributed by atoms with Gasteiger partial charge in [0.05, 0.1) is 10.6 Å². The molecule has 0 fully saturated rings. The van der Waals surface area contributed by atoms with Crippen molar-refractivity contribution in [1.82, 2.24) is 10.2 Å². The molecule has 0 bridgehead atoms. The molecule has 1 N–H and O–H groups in total. The number of ether oxygens (including phenoxy) is 1. The first-order chi connectivity index (χ1) is 19.9. The fraction of sp³-hybridized carbons (Fsp3) is 0.100. The summed E-state index contributed by atoms with van der Waals surface area (Å²) in [5.41, 5.74) is 2.39. The number of para-hydroxylation sites is 1. The van der Waals surface area contributed by atoms with Crippen molar-refractivity contribution < 1.29 is 17.9 Å². The number of aryl methyl sites for hydroxylation is 1. The molecule has 1 amide bonds. The highest BCUT2D eigenvalue weighted by Crippen LogP contribution is 2.30. The Labute approximate surface area is 247 Å². The second-order valence-electron chi connectivity index (χ2n) is 8.93. The summed E-state index contributed by atoms with van der Waals surface area (Å²) in [6.45, 7) is 1.42. The minimum Gasteiger partial charge on any atom is -0.457 e. The van der Waals surface area contributed by atoms with Gasteiger partial charge < -0.3 is 4.74 Å². The van der Waals surface area contributed by atoms with E-state index >= 15 is 0 Å². The van der Waals surface area contributed by atoms with Crippen molar-refractivity contribution >= 4 is 49.8 Å². The maximum absolute atomic E-state index is 13.7. The monoisotopic (exact) mass is 602 g/mol. The lowest BCUT2D eigenvalue weighted by atomic mass is 10.2. The van der Waals surface area contributed by atoms with E-state index in [1.807, 2.05) is 67.6 Å². The number of carbonyl (C=O) groups is 1. The quantitative estimate of drug-likeness (QED) is 0.132. The number of nitrogens with zero attached hydrogens (tertiary/aromatic N) is 3. The van der Waals surface area contributed by atoms with Gasteiger partial charge >= 0.3 is 0 Å². The van der Waals surface area contributed by atoms with Crippen molar-refractivity contribution in [3.8, 4) is 11.5 Å². The molecule has 0 aliphatic rings. The van der Waals surface area contributed by atoms with Crippen LogP contribution in [0.2, 0.25) is 0 Å². The second kappa shape index (κ2) is 13.0. The molecule has 4 aromatic carbocycles. The van der Waals surface area contributed by atoms with Crippen LogP contribution in [0, 0.1) is 6.92 Å². The summed E-state index contributed by atoms with van der Waals surface area (Å²) in [4.78, 5) is 13.2. The van der Waals surface area contributed by atoms with Gasteiger partial charge in [0.2, 0.25) is 11.0 Å². The van der Waals surface area contributed by atoms with E-state index < -0.39 is 22.5 Å². The van der Waals surface area contributed by atoms with Gasteiger partial charge in [-0.15, -0.1) is 10.2 Å². The molecular weight excluding hydrogens is 577 g/mol. The van der Waals surface area contributed by atoms with Crippen molar-refractivity contribution in [2.24, 2.45) is 0 Å². The lowest BCUT2D eigenvalue weighted by Crippen LogP contribution is -2.38. The van der Waals surface area contributed by atoms with E-state index in [1.165, 1.54) is 35.2 Å². The number of amides is 1. The highest BCUT2D eigenvalue weighted by Gasteiger charge is 2.28. The first kappa shape index (κ1) is 28.3. The van der Waals surface area contributed by atoms with E-state index in [0.29, 0.717) is 26.7 Å². The number of carbonyl (C=O) groups excluding carboxylic acids is 1. The Bertz CT molecular complexity index is 1690. The van der Waals surface area contributed by atoms with Crippen molar-refractivity contribution in [1.29, 1.82) is 0 Å². The minimum absolute atomic E-state index is 0.0797. The van der Waals surface area contributed by atoms with Crippen LogP contribution in [0.1, 0.15) is 11.1 Å². The Balaban J connectivity index is 1.33. The predicted molar refractivity (Wildman–Crippen MR) is 163 cm³/mol. The molecule has 1 heterocycles. The van der Waals surface area contributed by atoms with Crippen LogP contribution in [0.4, 0.5) is 10.8 Å². The van der Waals surface area contributed by atoms with Gasteiger partial charge in [-0.2, -0.15) is 0 Å². The first-order valence-electron chi connectivity index (χ1n) is 12.6. The van der Waals surface area contributed by atoms with Crippen LogP contribution in [-0.2, 0) is 20.6 Å². The van der Waals surface area contributed by atoms with E-state index in [2.05, 4.69) is 15.5 Å². The third-order valence-corrected chi connectivity index (χ3v) is 9.69. The normalized spacial score (nSPS) is 11.1. The lowest BCUT2D eigenvalue weighted by Gasteiger charge is -2.24. The zero-order valence-corrected chi connectivity index (χ0v) is 24.5. The molecule has 41 heavy (non-hydrogen) atoms. The Morgan fingerprint density at radius 1 is 0.854 bits per heavy atom. The van der Waals surface area contributed by atoms with Crippen molar-refractivity contribution in [2.75, 3.05) is 16.2 Å². The molecule has 0 unspecified atom stereocenters. The van der Waals surface area contributed by atoms with E-state index in [4.69, 9.17) is 4.74 Å². The maximum Gasteiger partial charge on any atom is 0.264 e. The summed E-state index contributed by atoms with van der Waals surface area (Å²) in [6.07, 6.45) is 0. The summed E-state index contributed by atoms with van der Waals surface area (Å²) in [5, 5.41) is 11.2. The number of rotatable bonds is 11. The zero-order chi connectivity index (χ0) is 28.7. The molecule has 0 radical (unpaired) electrons. The zero-order valence-electron chi connectivity index (χ0n) is 22.0. The lowest BCUT2D eigenvalue weighted by molar-refractivity contribution is -0.114. The van der Waals surface area contributed by atoms with Gasteiger partial charge in [0.1, 0.15) is 18.0 Å². The predicted octanol–water partition coefficient (Wildman–Crippen LogP) is 6.77. The van der Waals surface area contributed by atoms with E-state index in [0.717, 1.165) is 21.2 Å².